The molecule has 2 amide bonds. The second-order valence-electron chi connectivity index (χ2n) is 7.10. The second kappa shape index (κ2) is 8.73. The Balaban J connectivity index is 1.32. The van der Waals surface area contributed by atoms with Gasteiger partial charge in [-0.1, -0.05) is 35.5 Å². The van der Waals surface area contributed by atoms with E-state index in [-0.39, 0.29) is 12.1 Å². The van der Waals surface area contributed by atoms with Gasteiger partial charge in [-0.25, -0.2) is 4.79 Å². The molecule has 1 fully saturated rings. The molecule has 0 aliphatic carbocycles. The van der Waals surface area contributed by atoms with Crippen LogP contribution in [-0.4, -0.2) is 38.5 Å². The van der Waals surface area contributed by atoms with Crippen molar-refractivity contribution in [2.45, 2.75) is 44.8 Å². The quantitative estimate of drug-likeness (QED) is 0.709. The van der Waals surface area contributed by atoms with Crippen molar-refractivity contribution in [3.8, 4) is 11.3 Å². The number of benzene rings is 1. The minimum absolute atomic E-state index is 0.0390. The van der Waals surface area contributed by atoms with Gasteiger partial charge in [-0.2, -0.15) is 5.10 Å². The van der Waals surface area contributed by atoms with Crippen LogP contribution < -0.4 is 5.32 Å². The van der Waals surface area contributed by atoms with Crippen LogP contribution in [0, 0.1) is 0 Å². The number of carbonyl (C=O) groups is 1. The lowest BCUT2D eigenvalue weighted by Crippen LogP contribution is -2.48. The lowest BCUT2D eigenvalue weighted by Gasteiger charge is -2.35. The summed E-state index contributed by atoms with van der Waals surface area (Å²) in [5, 5.41) is 11.3. The third-order valence-electron chi connectivity index (χ3n) is 5.18. The number of likely N-dealkylation sites (tertiary alicyclic amines) is 1. The number of aryl methyl sites for hydroxylation is 1. The minimum atomic E-state index is -0.0390. The van der Waals surface area contributed by atoms with Crippen molar-refractivity contribution in [1.82, 2.24) is 25.2 Å². The monoisotopic (exact) mass is 379 g/mol. The Hall–Kier alpha value is -3.09. The number of nitrogens with one attached hydrogen (secondary N) is 1. The number of piperidine rings is 1. The van der Waals surface area contributed by atoms with Crippen LogP contribution in [0.25, 0.3) is 11.3 Å². The van der Waals surface area contributed by atoms with Gasteiger partial charge < -0.3 is 14.7 Å². The summed E-state index contributed by atoms with van der Waals surface area (Å²) in [5.41, 5.74) is 1.78. The van der Waals surface area contributed by atoms with Gasteiger partial charge in [0.05, 0.1) is 6.54 Å². The Kier molecular flexibility index (Phi) is 5.70. The van der Waals surface area contributed by atoms with E-state index in [1.165, 1.54) is 0 Å². The molecular formula is C21H25N5O2. The molecule has 1 saturated heterocycles. The zero-order valence-electron chi connectivity index (χ0n) is 15.8. The highest BCUT2D eigenvalue weighted by Crippen LogP contribution is 2.21. The first-order valence-corrected chi connectivity index (χ1v) is 9.82. The van der Waals surface area contributed by atoms with Gasteiger partial charge in [0, 0.05) is 43.2 Å². The summed E-state index contributed by atoms with van der Waals surface area (Å²) in [7, 11) is 0. The van der Waals surface area contributed by atoms with Gasteiger partial charge in [0.2, 0.25) is 0 Å². The molecule has 28 heavy (non-hydrogen) atoms. The SMILES string of the molecule is O=C(NCc1cc(-c2ccccc2)no1)N1CCCCC1CCn1cccn1. The van der Waals surface area contributed by atoms with E-state index < -0.39 is 0 Å². The Morgan fingerprint density at radius 3 is 2.93 bits per heavy atom. The van der Waals surface area contributed by atoms with Gasteiger partial charge in [0.15, 0.2) is 5.76 Å². The fourth-order valence-corrected chi connectivity index (χ4v) is 3.69. The molecule has 1 unspecified atom stereocenters. The third-order valence-corrected chi connectivity index (χ3v) is 5.18. The summed E-state index contributed by atoms with van der Waals surface area (Å²) >= 11 is 0. The van der Waals surface area contributed by atoms with E-state index in [1.54, 1.807) is 6.20 Å². The molecule has 1 aliphatic heterocycles. The number of aromatic nitrogens is 3. The normalized spacial score (nSPS) is 16.9. The number of rotatable bonds is 6. The van der Waals surface area contributed by atoms with Crippen LogP contribution in [0.1, 0.15) is 31.4 Å². The van der Waals surface area contributed by atoms with Crippen LogP contribution >= 0.6 is 0 Å². The summed E-state index contributed by atoms with van der Waals surface area (Å²) in [5.74, 6) is 0.650. The first-order valence-electron chi connectivity index (χ1n) is 9.82. The minimum Gasteiger partial charge on any atom is -0.359 e. The average molecular weight is 379 g/mol. The topological polar surface area (TPSA) is 76.2 Å². The van der Waals surface area contributed by atoms with Crippen molar-refractivity contribution in [1.29, 1.82) is 0 Å². The molecule has 0 saturated carbocycles. The summed E-state index contributed by atoms with van der Waals surface area (Å²) in [6.45, 7) is 1.95. The number of hydrogen-bond acceptors (Lipinski definition) is 4. The van der Waals surface area contributed by atoms with E-state index in [0.29, 0.717) is 12.3 Å². The van der Waals surface area contributed by atoms with Crippen molar-refractivity contribution in [3.63, 3.8) is 0 Å². The molecule has 2 aromatic heterocycles. The van der Waals surface area contributed by atoms with Gasteiger partial charge in [0.25, 0.3) is 0 Å². The standard InChI is InChI=1S/C21H25N5O2/c27-21(22-16-19-15-20(24-28-19)17-7-2-1-3-8-17)26-13-5-4-9-18(26)10-14-25-12-6-11-23-25/h1-3,6-8,11-12,15,18H,4-5,9-10,13-14,16H2,(H,22,27). The fourth-order valence-electron chi connectivity index (χ4n) is 3.69. The van der Waals surface area contributed by atoms with E-state index in [2.05, 4.69) is 15.6 Å². The van der Waals surface area contributed by atoms with E-state index in [9.17, 15) is 4.79 Å². The second-order valence-corrected chi connectivity index (χ2v) is 7.10. The van der Waals surface area contributed by atoms with Crippen molar-refractivity contribution in [3.05, 3.63) is 60.6 Å². The van der Waals surface area contributed by atoms with Gasteiger partial charge in [-0.15, -0.1) is 0 Å². The predicted molar refractivity (Wildman–Crippen MR) is 105 cm³/mol. The smallest absolute Gasteiger partial charge is 0.318 e. The van der Waals surface area contributed by atoms with Gasteiger partial charge in [0.1, 0.15) is 5.69 Å². The molecular weight excluding hydrogens is 354 g/mol. The lowest BCUT2D eigenvalue weighted by atomic mass is 10.00. The van der Waals surface area contributed by atoms with E-state index in [1.807, 2.05) is 58.2 Å². The fraction of sp³-hybridized carbons (Fsp3) is 0.381. The summed E-state index contributed by atoms with van der Waals surface area (Å²) < 4.78 is 7.31. The number of hydrogen-bond donors (Lipinski definition) is 1. The molecule has 1 aliphatic rings. The van der Waals surface area contributed by atoms with Crippen molar-refractivity contribution >= 4 is 6.03 Å². The van der Waals surface area contributed by atoms with E-state index in [4.69, 9.17) is 4.52 Å². The largest absolute Gasteiger partial charge is 0.359 e. The first-order chi connectivity index (χ1) is 13.8. The van der Waals surface area contributed by atoms with Gasteiger partial charge >= 0.3 is 6.03 Å². The number of urea groups is 1. The number of nitrogens with zero attached hydrogens (tertiary/aromatic N) is 4. The molecule has 1 atom stereocenters. The predicted octanol–water partition coefficient (Wildman–Crippen LogP) is 3.69. The lowest BCUT2D eigenvalue weighted by molar-refractivity contribution is 0.142. The number of carbonyl (C=O) groups excluding carboxylic acids is 1. The Bertz CT molecular complexity index is 875. The zero-order chi connectivity index (χ0) is 19.2. The molecule has 7 heteroatoms. The zero-order valence-corrected chi connectivity index (χ0v) is 15.8. The molecule has 0 radical (unpaired) electrons. The Morgan fingerprint density at radius 1 is 1.21 bits per heavy atom. The highest BCUT2D eigenvalue weighted by Gasteiger charge is 2.26. The summed E-state index contributed by atoms with van der Waals surface area (Å²) in [6.07, 6.45) is 7.90. The van der Waals surface area contributed by atoms with Crippen LogP contribution in [0.2, 0.25) is 0 Å². The van der Waals surface area contributed by atoms with Crippen LogP contribution in [0.4, 0.5) is 4.79 Å². The van der Waals surface area contributed by atoms with Crippen LogP contribution in [0.3, 0.4) is 0 Å². The van der Waals surface area contributed by atoms with Crippen molar-refractivity contribution in [2.75, 3.05) is 6.54 Å². The Morgan fingerprint density at radius 2 is 2.11 bits per heavy atom. The molecule has 0 spiro atoms. The maximum Gasteiger partial charge on any atom is 0.318 e. The average Bonchev–Trinajstić information content (AvgIpc) is 3.43. The maximum atomic E-state index is 12.8. The maximum absolute atomic E-state index is 12.8. The van der Waals surface area contributed by atoms with Crippen molar-refractivity contribution < 1.29 is 9.32 Å². The molecule has 1 N–H and O–H groups in total. The Labute approximate surface area is 164 Å². The van der Waals surface area contributed by atoms with Crippen LogP contribution in [0.5, 0.6) is 0 Å². The van der Waals surface area contributed by atoms with Crippen LogP contribution in [0.15, 0.2) is 59.4 Å². The van der Waals surface area contributed by atoms with Gasteiger partial charge in [-0.05, 0) is 31.7 Å². The van der Waals surface area contributed by atoms with Gasteiger partial charge in [-0.3, -0.25) is 4.68 Å². The first kappa shape index (κ1) is 18.3. The molecule has 3 heterocycles. The summed E-state index contributed by atoms with van der Waals surface area (Å²) in [4.78, 5) is 14.7. The summed E-state index contributed by atoms with van der Waals surface area (Å²) in [6, 6.07) is 13.9. The molecule has 0 bridgehead atoms. The third kappa shape index (κ3) is 4.42. The van der Waals surface area contributed by atoms with Crippen LogP contribution in [-0.2, 0) is 13.1 Å². The van der Waals surface area contributed by atoms with E-state index in [0.717, 1.165) is 50.0 Å². The molecule has 7 nitrogen and oxygen atoms in total. The molecule has 3 aromatic rings. The van der Waals surface area contributed by atoms with Crippen molar-refractivity contribution in [2.24, 2.45) is 0 Å². The molecule has 146 valence electrons. The highest BCUT2D eigenvalue weighted by molar-refractivity contribution is 5.74. The van der Waals surface area contributed by atoms with E-state index >= 15 is 0 Å². The highest BCUT2D eigenvalue weighted by atomic mass is 16.5. The molecule has 1 aromatic carbocycles. The number of amides is 2. The molecule has 4 rings (SSSR count).